The Hall–Kier alpha value is -1.43. The van der Waals surface area contributed by atoms with Crippen molar-refractivity contribution in [2.45, 2.75) is 19.3 Å². The summed E-state index contributed by atoms with van der Waals surface area (Å²) in [4.78, 5) is 11.9. The Kier molecular flexibility index (Phi) is 5.94. The normalized spacial score (nSPS) is 10.5. The Morgan fingerprint density at radius 1 is 1.36 bits per heavy atom. The van der Waals surface area contributed by atoms with Crippen molar-refractivity contribution in [1.82, 2.24) is 0 Å². The number of rotatable bonds is 6. The molecule has 0 unspecified atom stereocenters. The molecule has 0 saturated heterocycles. The minimum atomic E-state index is -0.0676. The molecule has 4 nitrogen and oxygen atoms in total. The van der Waals surface area contributed by atoms with E-state index in [1.54, 1.807) is 25.3 Å². The highest BCUT2D eigenvalue weighted by Gasteiger charge is 2.08. The van der Waals surface area contributed by atoms with Crippen LogP contribution in [0, 0.1) is 0 Å². The number of hydrogen-bond donors (Lipinski definition) is 2. The number of methoxy groups -OCH3 is 1. The predicted octanol–water partition coefficient (Wildman–Crippen LogP) is 4.61. The summed E-state index contributed by atoms with van der Waals surface area (Å²) >= 11 is 13.3. The van der Waals surface area contributed by atoms with Gasteiger partial charge >= 0.3 is 0 Å². The molecule has 118 valence electrons. The summed E-state index contributed by atoms with van der Waals surface area (Å²) in [6.45, 7) is 0. The average molecular weight is 359 g/mol. The molecule has 0 saturated carbocycles. The molecular formula is C15H16Cl2N2O2S. The number of halogens is 2. The summed E-state index contributed by atoms with van der Waals surface area (Å²) in [5.74, 6) is 0.518. The maximum absolute atomic E-state index is 11.9. The van der Waals surface area contributed by atoms with E-state index in [4.69, 9.17) is 33.7 Å². The van der Waals surface area contributed by atoms with E-state index in [1.165, 1.54) is 11.3 Å². The maximum Gasteiger partial charge on any atom is 0.224 e. The third kappa shape index (κ3) is 4.53. The summed E-state index contributed by atoms with van der Waals surface area (Å²) in [5, 5.41) is 2.81. The van der Waals surface area contributed by atoms with Gasteiger partial charge in [0.25, 0.3) is 0 Å². The molecule has 2 aromatic rings. The lowest BCUT2D eigenvalue weighted by atomic mass is 10.1. The molecule has 0 aliphatic heterocycles. The van der Waals surface area contributed by atoms with Crippen molar-refractivity contribution in [2.75, 3.05) is 18.2 Å². The average Bonchev–Trinajstić information content (AvgIpc) is 2.77. The number of amides is 1. The van der Waals surface area contributed by atoms with Gasteiger partial charge in [0.1, 0.15) is 5.75 Å². The number of nitrogens with two attached hydrogens (primary N) is 1. The number of nitrogens with one attached hydrogen (secondary N) is 1. The zero-order valence-electron chi connectivity index (χ0n) is 12.0. The van der Waals surface area contributed by atoms with Crippen LogP contribution in [0.1, 0.15) is 18.4 Å². The molecule has 1 heterocycles. The van der Waals surface area contributed by atoms with Crippen molar-refractivity contribution in [3.63, 3.8) is 0 Å². The van der Waals surface area contributed by atoms with Crippen molar-refractivity contribution >= 4 is 51.8 Å². The van der Waals surface area contributed by atoms with E-state index in [-0.39, 0.29) is 5.91 Å². The number of ether oxygens (including phenoxy) is 1. The number of anilines is 2. The second-order valence-corrected chi connectivity index (χ2v) is 6.99. The molecule has 1 amide bonds. The van der Waals surface area contributed by atoms with Crippen LogP contribution >= 0.6 is 34.5 Å². The van der Waals surface area contributed by atoms with E-state index in [2.05, 4.69) is 5.32 Å². The smallest absolute Gasteiger partial charge is 0.224 e. The summed E-state index contributed by atoms with van der Waals surface area (Å²) in [5.41, 5.74) is 7.92. The van der Waals surface area contributed by atoms with Crippen molar-refractivity contribution in [2.24, 2.45) is 0 Å². The molecule has 0 radical (unpaired) electrons. The largest absolute Gasteiger partial charge is 0.495 e. The topological polar surface area (TPSA) is 64.3 Å². The zero-order valence-corrected chi connectivity index (χ0v) is 14.3. The Bertz CT molecular complexity index is 674. The summed E-state index contributed by atoms with van der Waals surface area (Å²) in [7, 11) is 1.55. The summed E-state index contributed by atoms with van der Waals surface area (Å²) < 4.78 is 6.43. The van der Waals surface area contributed by atoms with Crippen LogP contribution in [-0.4, -0.2) is 13.0 Å². The molecule has 0 spiro atoms. The van der Waals surface area contributed by atoms with Crippen LogP contribution in [0.2, 0.25) is 8.67 Å². The van der Waals surface area contributed by atoms with Crippen LogP contribution in [0.5, 0.6) is 5.75 Å². The van der Waals surface area contributed by atoms with E-state index in [0.717, 1.165) is 12.0 Å². The third-order valence-electron chi connectivity index (χ3n) is 3.09. The van der Waals surface area contributed by atoms with Gasteiger partial charge in [0, 0.05) is 12.1 Å². The molecule has 3 N–H and O–H groups in total. The monoisotopic (exact) mass is 358 g/mol. The zero-order chi connectivity index (χ0) is 16.1. The third-order valence-corrected chi connectivity index (χ3v) is 4.66. The lowest BCUT2D eigenvalue weighted by molar-refractivity contribution is -0.116. The first-order valence-electron chi connectivity index (χ1n) is 6.66. The highest BCUT2D eigenvalue weighted by atomic mass is 35.5. The van der Waals surface area contributed by atoms with Crippen molar-refractivity contribution < 1.29 is 9.53 Å². The number of hydrogen-bond acceptors (Lipinski definition) is 4. The first-order chi connectivity index (χ1) is 10.5. The molecule has 1 aromatic carbocycles. The second-order valence-electron chi connectivity index (χ2n) is 4.71. The molecule has 0 bridgehead atoms. The van der Waals surface area contributed by atoms with Crippen LogP contribution < -0.4 is 15.8 Å². The predicted molar refractivity (Wildman–Crippen MR) is 93.3 cm³/mol. The van der Waals surface area contributed by atoms with Crippen molar-refractivity contribution in [3.8, 4) is 5.75 Å². The van der Waals surface area contributed by atoms with Gasteiger partial charge in [-0.05, 0) is 42.7 Å². The van der Waals surface area contributed by atoms with Gasteiger partial charge in [-0.2, -0.15) is 0 Å². The molecule has 2 rings (SSSR count). The Balaban J connectivity index is 1.83. The van der Waals surface area contributed by atoms with Gasteiger partial charge in [-0.3, -0.25) is 4.79 Å². The number of carbonyl (C=O) groups excluding carboxylic acids is 1. The Morgan fingerprint density at radius 3 is 2.73 bits per heavy atom. The van der Waals surface area contributed by atoms with Crippen LogP contribution in [0.25, 0.3) is 0 Å². The molecule has 0 atom stereocenters. The van der Waals surface area contributed by atoms with Crippen LogP contribution in [0.4, 0.5) is 11.4 Å². The van der Waals surface area contributed by atoms with Crippen LogP contribution in [-0.2, 0) is 11.2 Å². The molecule has 22 heavy (non-hydrogen) atoms. The SMILES string of the molecule is COc1ccc(NC(=O)CCCc2cc(Cl)sc2Cl)cc1N. The Morgan fingerprint density at radius 2 is 2.14 bits per heavy atom. The maximum atomic E-state index is 11.9. The minimum Gasteiger partial charge on any atom is -0.495 e. The minimum absolute atomic E-state index is 0.0676. The first-order valence-corrected chi connectivity index (χ1v) is 8.24. The second kappa shape index (κ2) is 7.72. The van der Waals surface area contributed by atoms with E-state index in [1.807, 2.05) is 6.07 Å². The Labute approximate surface area is 143 Å². The van der Waals surface area contributed by atoms with Gasteiger partial charge in [0.15, 0.2) is 0 Å². The number of carbonyl (C=O) groups is 1. The summed E-state index contributed by atoms with van der Waals surface area (Å²) in [6, 6.07) is 6.99. The van der Waals surface area contributed by atoms with Crippen molar-refractivity contribution in [3.05, 3.63) is 38.5 Å². The van der Waals surface area contributed by atoms with Gasteiger partial charge in [-0.25, -0.2) is 0 Å². The summed E-state index contributed by atoms with van der Waals surface area (Å²) in [6.07, 6.45) is 1.82. The van der Waals surface area contributed by atoms with Gasteiger partial charge in [0.2, 0.25) is 5.91 Å². The van der Waals surface area contributed by atoms with E-state index in [9.17, 15) is 4.79 Å². The lowest BCUT2D eigenvalue weighted by Crippen LogP contribution is -2.11. The lowest BCUT2D eigenvalue weighted by Gasteiger charge is -2.08. The highest BCUT2D eigenvalue weighted by molar-refractivity contribution is 7.20. The number of nitrogen functional groups attached to an aromatic ring is 1. The fourth-order valence-corrected chi connectivity index (χ4v) is 3.56. The molecule has 0 aliphatic rings. The molecular weight excluding hydrogens is 343 g/mol. The van der Waals surface area contributed by atoms with E-state index in [0.29, 0.717) is 38.6 Å². The fraction of sp³-hybridized carbons (Fsp3) is 0.267. The number of aryl methyl sites for hydroxylation is 1. The highest BCUT2D eigenvalue weighted by Crippen LogP contribution is 2.32. The molecule has 0 fully saturated rings. The molecule has 7 heteroatoms. The van der Waals surface area contributed by atoms with Gasteiger partial charge in [-0.1, -0.05) is 23.2 Å². The van der Waals surface area contributed by atoms with Crippen LogP contribution in [0.15, 0.2) is 24.3 Å². The number of thiophene rings is 1. The van der Waals surface area contributed by atoms with Crippen molar-refractivity contribution in [1.29, 1.82) is 0 Å². The first kappa shape index (κ1) is 16.9. The fourth-order valence-electron chi connectivity index (χ4n) is 2.02. The quantitative estimate of drug-likeness (QED) is 0.741. The molecule has 0 aliphatic carbocycles. The van der Waals surface area contributed by atoms with Crippen LogP contribution in [0.3, 0.4) is 0 Å². The van der Waals surface area contributed by atoms with Gasteiger partial charge < -0.3 is 15.8 Å². The molecule has 1 aromatic heterocycles. The van der Waals surface area contributed by atoms with Gasteiger partial charge in [0.05, 0.1) is 21.5 Å². The van der Waals surface area contributed by atoms with E-state index >= 15 is 0 Å². The standard InChI is InChI=1S/C15H16Cl2N2O2S/c1-21-12-6-5-10(8-11(12)18)19-14(20)4-2-3-9-7-13(16)22-15(9)17/h5-8H,2-4,18H2,1H3,(H,19,20). The van der Waals surface area contributed by atoms with Gasteiger partial charge in [-0.15, -0.1) is 11.3 Å². The van der Waals surface area contributed by atoms with E-state index < -0.39 is 0 Å². The number of benzene rings is 1.